The van der Waals surface area contributed by atoms with E-state index in [1.54, 1.807) is 0 Å². The van der Waals surface area contributed by atoms with E-state index < -0.39 is 17.5 Å². The fourth-order valence-corrected chi connectivity index (χ4v) is 1.30. The molecule has 0 aromatic heterocycles. The zero-order valence-corrected chi connectivity index (χ0v) is 9.12. The molecular formula is C11H15F3N2. The van der Waals surface area contributed by atoms with Gasteiger partial charge < -0.3 is 10.6 Å². The standard InChI is InChI=1S/C11H15F3N2/c1-2-15-3-4-16-7-8-5-9(12)11(14)10(13)6-8/h5-6,15-16H,2-4,7H2,1H3. The maximum absolute atomic E-state index is 12.8. The second kappa shape index (κ2) is 6.50. The lowest BCUT2D eigenvalue weighted by atomic mass is 10.2. The fraction of sp³-hybridized carbons (Fsp3) is 0.455. The number of halogens is 3. The summed E-state index contributed by atoms with van der Waals surface area (Å²) >= 11 is 0. The minimum absolute atomic E-state index is 0.319. The van der Waals surface area contributed by atoms with E-state index in [4.69, 9.17) is 0 Å². The van der Waals surface area contributed by atoms with Crippen molar-refractivity contribution in [3.05, 3.63) is 35.1 Å². The molecule has 16 heavy (non-hydrogen) atoms. The topological polar surface area (TPSA) is 24.1 Å². The maximum Gasteiger partial charge on any atom is 0.194 e. The highest BCUT2D eigenvalue weighted by molar-refractivity contribution is 5.19. The van der Waals surface area contributed by atoms with Crippen molar-refractivity contribution in [1.82, 2.24) is 10.6 Å². The highest BCUT2D eigenvalue weighted by Gasteiger charge is 2.09. The lowest BCUT2D eigenvalue weighted by Gasteiger charge is -2.06. The van der Waals surface area contributed by atoms with Gasteiger partial charge >= 0.3 is 0 Å². The second-order valence-corrected chi connectivity index (χ2v) is 3.40. The Morgan fingerprint density at radius 1 is 1.00 bits per heavy atom. The van der Waals surface area contributed by atoms with E-state index in [9.17, 15) is 13.2 Å². The van der Waals surface area contributed by atoms with E-state index in [0.29, 0.717) is 18.7 Å². The van der Waals surface area contributed by atoms with E-state index in [0.717, 1.165) is 25.2 Å². The molecule has 0 saturated heterocycles. The summed E-state index contributed by atoms with van der Waals surface area (Å²) in [5, 5.41) is 6.09. The van der Waals surface area contributed by atoms with Gasteiger partial charge in [0.05, 0.1) is 0 Å². The molecule has 1 aromatic rings. The summed E-state index contributed by atoms with van der Waals surface area (Å²) in [6.07, 6.45) is 0. The first-order chi connectivity index (χ1) is 7.65. The van der Waals surface area contributed by atoms with Gasteiger partial charge in [-0.1, -0.05) is 6.92 Å². The Morgan fingerprint density at radius 3 is 2.12 bits per heavy atom. The lowest BCUT2D eigenvalue weighted by Crippen LogP contribution is -2.26. The predicted molar refractivity (Wildman–Crippen MR) is 56.6 cm³/mol. The smallest absolute Gasteiger partial charge is 0.194 e. The SMILES string of the molecule is CCNCCNCc1cc(F)c(F)c(F)c1. The Hall–Kier alpha value is -1.07. The van der Waals surface area contributed by atoms with Crippen LogP contribution in [-0.4, -0.2) is 19.6 Å². The molecule has 0 bridgehead atoms. The third kappa shape index (κ3) is 3.83. The minimum atomic E-state index is -1.42. The molecular weight excluding hydrogens is 217 g/mol. The second-order valence-electron chi connectivity index (χ2n) is 3.40. The van der Waals surface area contributed by atoms with Crippen LogP contribution < -0.4 is 10.6 Å². The molecule has 0 amide bonds. The van der Waals surface area contributed by atoms with E-state index in [1.165, 1.54) is 0 Å². The van der Waals surface area contributed by atoms with Crippen LogP contribution >= 0.6 is 0 Å². The van der Waals surface area contributed by atoms with Gasteiger partial charge in [0.25, 0.3) is 0 Å². The number of hydrogen-bond acceptors (Lipinski definition) is 2. The third-order valence-corrected chi connectivity index (χ3v) is 2.10. The van der Waals surface area contributed by atoms with Crippen LogP contribution in [0.4, 0.5) is 13.2 Å². The molecule has 0 radical (unpaired) electrons. The summed E-state index contributed by atoms with van der Waals surface area (Å²) in [5.41, 5.74) is 0.396. The quantitative estimate of drug-likeness (QED) is 0.577. The molecule has 0 unspecified atom stereocenters. The normalized spacial score (nSPS) is 10.8. The van der Waals surface area contributed by atoms with Crippen LogP contribution in [0.15, 0.2) is 12.1 Å². The Balaban J connectivity index is 2.43. The van der Waals surface area contributed by atoms with Gasteiger partial charge in [-0.15, -0.1) is 0 Å². The molecule has 2 nitrogen and oxygen atoms in total. The van der Waals surface area contributed by atoms with Crippen LogP contribution in [0.5, 0.6) is 0 Å². The van der Waals surface area contributed by atoms with Gasteiger partial charge in [-0.05, 0) is 24.2 Å². The molecule has 0 aliphatic rings. The van der Waals surface area contributed by atoms with Gasteiger partial charge in [0.1, 0.15) is 0 Å². The molecule has 0 saturated carbocycles. The number of hydrogen-bond donors (Lipinski definition) is 2. The Kier molecular flexibility index (Phi) is 5.28. The Labute approximate surface area is 92.9 Å². The van der Waals surface area contributed by atoms with Crippen LogP contribution in [-0.2, 0) is 6.54 Å². The first-order valence-electron chi connectivity index (χ1n) is 5.20. The highest BCUT2D eigenvalue weighted by atomic mass is 19.2. The fourth-order valence-electron chi connectivity index (χ4n) is 1.30. The van der Waals surface area contributed by atoms with Crippen molar-refractivity contribution >= 4 is 0 Å². The maximum atomic E-state index is 12.8. The zero-order chi connectivity index (χ0) is 12.0. The van der Waals surface area contributed by atoms with Gasteiger partial charge in [-0.2, -0.15) is 0 Å². The van der Waals surface area contributed by atoms with Gasteiger partial charge in [-0.25, -0.2) is 13.2 Å². The minimum Gasteiger partial charge on any atom is -0.316 e. The molecule has 0 aliphatic carbocycles. The molecule has 0 atom stereocenters. The number of nitrogens with one attached hydrogen (secondary N) is 2. The van der Waals surface area contributed by atoms with Crippen molar-refractivity contribution in [1.29, 1.82) is 0 Å². The molecule has 1 rings (SSSR count). The molecule has 2 N–H and O–H groups in total. The summed E-state index contributed by atoms with van der Waals surface area (Å²) in [7, 11) is 0. The summed E-state index contributed by atoms with van der Waals surface area (Å²) in [6, 6.07) is 2.00. The summed E-state index contributed by atoms with van der Waals surface area (Å²) in [5.74, 6) is -3.72. The van der Waals surface area contributed by atoms with E-state index in [-0.39, 0.29) is 0 Å². The monoisotopic (exact) mass is 232 g/mol. The number of likely N-dealkylation sites (N-methyl/N-ethyl adjacent to an activating group) is 1. The van der Waals surface area contributed by atoms with Crippen molar-refractivity contribution in [2.75, 3.05) is 19.6 Å². The first-order valence-corrected chi connectivity index (χ1v) is 5.20. The lowest BCUT2D eigenvalue weighted by molar-refractivity contribution is 0.444. The first kappa shape index (κ1) is 13.0. The molecule has 90 valence electrons. The molecule has 1 aromatic carbocycles. The van der Waals surface area contributed by atoms with E-state index >= 15 is 0 Å². The largest absolute Gasteiger partial charge is 0.316 e. The van der Waals surface area contributed by atoms with Gasteiger partial charge in [-0.3, -0.25) is 0 Å². The summed E-state index contributed by atoms with van der Waals surface area (Å²) in [4.78, 5) is 0. The van der Waals surface area contributed by atoms with Crippen LogP contribution in [0.25, 0.3) is 0 Å². The average Bonchev–Trinajstić information content (AvgIpc) is 2.25. The third-order valence-electron chi connectivity index (χ3n) is 2.10. The molecule has 0 aliphatic heterocycles. The van der Waals surface area contributed by atoms with Crippen molar-refractivity contribution in [2.45, 2.75) is 13.5 Å². The average molecular weight is 232 g/mol. The summed E-state index contributed by atoms with van der Waals surface area (Å²) in [6.45, 7) is 4.66. The van der Waals surface area contributed by atoms with Gasteiger partial charge in [0.2, 0.25) is 0 Å². The molecule has 0 heterocycles. The zero-order valence-electron chi connectivity index (χ0n) is 9.12. The molecule has 0 spiro atoms. The van der Waals surface area contributed by atoms with Crippen molar-refractivity contribution < 1.29 is 13.2 Å². The number of rotatable bonds is 6. The van der Waals surface area contributed by atoms with Crippen LogP contribution in [0.1, 0.15) is 12.5 Å². The van der Waals surface area contributed by atoms with Crippen LogP contribution in [0, 0.1) is 17.5 Å². The van der Waals surface area contributed by atoms with Crippen LogP contribution in [0.3, 0.4) is 0 Å². The Morgan fingerprint density at radius 2 is 1.56 bits per heavy atom. The number of benzene rings is 1. The van der Waals surface area contributed by atoms with Crippen molar-refractivity contribution in [3.8, 4) is 0 Å². The Bertz CT molecular complexity index is 319. The van der Waals surface area contributed by atoms with E-state index in [1.807, 2.05) is 6.92 Å². The van der Waals surface area contributed by atoms with Crippen LogP contribution in [0.2, 0.25) is 0 Å². The van der Waals surface area contributed by atoms with Gasteiger partial charge in [0, 0.05) is 19.6 Å². The van der Waals surface area contributed by atoms with E-state index in [2.05, 4.69) is 10.6 Å². The highest BCUT2D eigenvalue weighted by Crippen LogP contribution is 2.13. The molecule has 5 heteroatoms. The molecule has 0 fully saturated rings. The predicted octanol–water partition coefficient (Wildman–Crippen LogP) is 1.80. The summed E-state index contributed by atoms with van der Waals surface area (Å²) < 4.78 is 38.2. The van der Waals surface area contributed by atoms with Crippen molar-refractivity contribution in [3.63, 3.8) is 0 Å². The van der Waals surface area contributed by atoms with Crippen molar-refractivity contribution in [2.24, 2.45) is 0 Å². The van der Waals surface area contributed by atoms with Gasteiger partial charge in [0.15, 0.2) is 17.5 Å².